The number of carbonyl (C=O) groups is 1. The molecule has 0 saturated carbocycles. The number of hydrogen-bond acceptors (Lipinski definition) is 5. The van der Waals surface area contributed by atoms with Crippen molar-refractivity contribution < 1.29 is 9.90 Å². The third-order valence-electron chi connectivity index (χ3n) is 1.95. The molecule has 0 aliphatic rings. The summed E-state index contributed by atoms with van der Waals surface area (Å²) in [5.41, 5.74) is 8.33. The van der Waals surface area contributed by atoms with Crippen molar-refractivity contribution in [1.29, 1.82) is 0 Å². The van der Waals surface area contributed by atoms with Crippen LogP contribution in [-0.4, -0.2) is 16.1 Å². The van der Waals surface area contributed by atoms with Crippen molar-refractivity contribution in [3.63, 3.8) is 0 Å². The van der Waals surface area contributed by atoms with E-state index >= 15 is 0 Å². The third kappa shape index (κ3) is 2.41. The Morgan fingerprint density at radius 1 is 1.62 bits per heavy atom. The average Bonchev–Trinajstić information content (AvgIpc) is 2.22. The Bertz CT molecular complexity index is 459. The number of nitrogens with one attached hydrogen (secondary N) is 1. The number of aryl methyl sites for hydroxylation is 1. The molecule has 0 fully saturated rings. The molecule has 7 heteroatoms. The molecule has 0 saturated heterocycles. The quantitative estimate of drug-likeness (QED) is 0.342. The van der Waals surface area contributed by atoms with E-state index in [0.29, 0.717) is 10.7 Å². The molecule has 6 nitrogen and oxygen atoms in total. The van der Waals surface area contributed by atoms with Gasteiger partial charge in [-0.2, -0.15) is 0 Å². The second-order valence-corrected chi connectivity index (χ2v) is 3.46. The number of carboxylic acid groups (broad SMARTS) is 1. The zero-order chi connectivity index (χ0) is 12.3. The number of halogens is 1. The Balaban J connectivity index is 3.27. The number of nitrogens with two attached hydrogens (primary N) is 2. The molecule has 1 rings (SSSR count). The van der Waals surface area contributed by atoms with E-state index in [2.05, 4.69) is 4.98 Å². The Morgan fingerprint density at radius 2 is 2.25 bits per heavy atom. The molecule has 16 heavy (non-hydrogen) atoms. The Kier molecular flexibility index (Phi) is 3.70. The first-order valence-corrected chi connectivity index (χ1v) is 4.67. The van der Waals surface area contributed by atoms with Gasteiger partial charge in [0.05, 0.1) is 16.4 Å². The molecule has 0 aliphatic heterocycles. The summed E-state index contributed by atoms with van der Waals surface area (Å²) >= 11 is 5.79. The van der Waals surface area contributed by atoms with Crippen LogP contribution in [-0.2, 0) is 4.79 Å². The minimum Gasteiger partial charge on any atom is -0.476 e. The van der Waals surface area contributed by atoms with E-state index in [1.165, 1.54) is 6.20 Å². The molecule has 6 N–H and O–H groups in total. The van der Waals surface area contributed by atoms with Crippen LogP contribution < -0.4 is 17.0 Å². The van der Waals surface area contributed by atoms with Gasteiger partial charge in [0.25, 0.3) is 0 Å². The zero-order valence-electron chi connectivity index (χ0n) is 8.49. The van der Waals surface area contributed by atoms with E-state index < -0.39 is 5.97 Å². The third-order valence-corrected chi connectivity index (χ3v) is 2.35. The summed E-state index contributed by atoms with van der Waals surface area (Å²) in [6, 6.07) is 1.58. The Morgan fingerprint density at radius 3 is 2.69 bits per heavy atom. The lowest BCUT2D eigenvalue weighted by atomic mass is 10.2. The minimum atomic E-state index is -1.26. The van der Waals surface area contributed by atoms with Gasteiger partial charge >= 0.3 is 5.97 Å². The van der Waals surface area contributed by atoms with Crippen LogP contribution >= 0.6 is 11.6 Å². The molecule has 0 unspecified atom stereocenters. The van der Waals surface area contributed by atoms with Crippen molar-refractivity contribution in [2.24, 2.45) is 11.6 Å². The fourth-order valence-corrected chi connectivity index (χ4v) is 1.17. The molecule has 0 bridgehead atoms. The maximum Gasteiger partial charge on any atom is 0.355 e. The van der Waals surface area contributed by atoms with Crippen LogP contribution in [0, 0.1) is 6.92 Å². The highest BCUT2D eigenvalue weighted by atomic mass is 35.5. The van der Waals surface area contributed by atoms with Gasteiger partial charge in [0.2, 0.25) is 0 Å². The van der Waals surface area contributed by atoms with E-state index in [9.17, 15) is 4.79 Å². The second kappa shape index (κ2) is 4.82. The molecule has 0 atom stereocenters. The predicted molar refractivity (Wildman–Crippen MR) is 60.1 cm³/mol. The first-order valence-electron chi connectivity index (χ1n) is 4.29. The first kappa shape index (κ1) is 12.3. The number of nitrogens with zero attached hydrogens (tertiary/aromatic N) is 1. The Hall–Kier alpha value is -1.79. The van der Waals surface area contributed by atoms with Crippen molar-refractivity contribution in [2.45, 2.75) is 6.92 Å². The second-order valence-electron chi connectivity index (χ2n) is 3.06. The normalized spacial score (nSPS) is 11.9. The van der Waals surface area contributed by atoms with Crippen molar-refractivity contribution in [2.75, 3.05) is 0 Å². The van der Waals surface area contributed by atoms with E-state index in [-0.39, 0.29) is 11.4 Å². The largest absolute Gasteiger partial charge is 0.476 e. The predicted octanol–water partition coefficient (Wildman–Crippen LogP) is 0.219. The summed E-state index contributed by atoms with van der Waals surface area (Å²) < 4.78 is 0. The number of aromatic nitrogens is 1. The van der Waals surface area contributed by atoms with Crippen molar-refractivity contribution >= 4 is 23.3 Å². The summed E-state index contributed by atoms with van der Waals surface area (Å²) in [4.78, 5) is 14.7. The van der Waals surface area contributed by atoms with Gasteiger partial charge in [-0.1, -0.05) is 11.6 Å². The van der Waals surface area contributed by atoms with Crippen LogP contribution in [0.1, 0.15) is 11.3 Å². The van der Waals surface area contributed by atoms with Crippen molar-refractivity contribution in [3.05, 3.63) is 34.2 Å². The smallest absolute Gasteiger partial charge is 0.355 e. The van der Waals surface area contributed by atoms with Crippen LogP contribution in [0.5, 0.6) is 0 Å². The van der Waals surface area contributed by atoms with Crippen LogP contribution in [0.2, 0.25) is 5.02 Å². The number of aliphatic carboxylic acids is 1. The molecule has 0 spiro atoms. The topological polar surface area (TPSA) is 114 Å². The molecular weight excluding hydrogens is 232 g/mol. The number of carboxylic acids is 1. The van der Waals surface area contributed by atoms with Gasteiger partial charge in [0.15, 0.2) is 5.70 Å². The van der Waals surface area contributed by atoms with Crippen molar-refractivity contribution in [1.82, 2.24) is 10.4 Å². The summed E-state index contributed by atoms with van der Waals surface area (Å²) in [6.07, 6.45) is 1.40. The van der Waals surface area contributed by atoms with Gasteiger partial charge in [-0.25, -0.2) is 4.79 Å². The molecule has 1 aromatic heterocycles. The standard InChI is InChI=1S/C9H11ClN4O2/c1-4-2-6(13-3-5(4)10)7(11)8(14-12)9(15)16/h2-3,14H,11-12H2,1H3,(H,15,16)/b8-7-. The molecule has 0 aliphatic carbocycles. The maximum absolute atomic E-state index is 10.8. The summed E-state index contributed by atoms with van der Waals surface area (Å²) in [5, 5.41) is 9.28. The highest BCUT2D eigenvalue weighted by Crippen LogP contribution is 2.17. The molecule has 86 valence electrons. The van der Waals surface area contributed by atoms with Crippen LogP contribution in [0.4, 0.5) is 0 Å². The fourth-order valence-electron chi connectivity index (χ4n) is 1.07. The minimum absolute atomic E-state index is 0.0465. The van der Waals surface area contributed by atoms with Gasteiger partial charge in [0.1, 0.15) is 0 Å². The van der Waals surface area contributed by atoms with Crippen LogP contribution in [0.15, 0.2) is 18.0 Å². The zero-order valence-corrected chi connectivity index (χ0v) is 9.25. The lowest BCUT2D eigenvalue weighted by molar-refractivity contribution is -0.133. The first-order chi connectivity index (χ1) is 7.47. The van der Waals surface area contributed by atoms with E-state index in [1.807, 2.05) is 5.43 Å². The van der Waals surface area contributed by atoms with Gasteiger partial charge in [-0.15, -0.1) is 0 Å². The lowest BCUT2D eigenvalue weighted by Gasteiger charge is -2.07. The SMILES string of the molecule is Cc1cc(/C(N)=C(/NN)C(=O)O)ncc1Cl. The number of rotatable bonds is 3. The molecule has 0 aromatic carbocycles. The van der Waals surface area contributed by atoms with E-state index in [4.69, 9.17) is 28.3 Å². The van der Waals surface area contributed by atoms with Gasteiger partial charge in [-0.3, -0.25) is 10.8 Å². The summed E-state index contributed by atoms with van der Waals surface area (Å²) in [6.45, 7) is 1.76. The van der Waals surface area contributed by atoms with E-state index in [0.717, 1.165) is 5.56 Å². The van der Waals surface area contributed by atoms with Gasteiger partial charge in [0, 0.05) is 6.20 Å². The van der Waals surface area contributed by atoms with Crippen LogP contribution in [0.3, 0.4) is 0 Å². The number of hydrogen-bond donors (Lipinski definition) is 4. The van der Waals surface area contributed by atoms with Gasteiger partial charge in [-0.05, 0) is 18.6 Å². The lowest BCUT2D eigenvalue weighted by Crippen LogP contribution is -2.29. The fraction of sp³-hybridized carbons (Fsp3) is 0.111. The maximum atomic E-state index is 10.8. The number of pyridine rings is 1. The average molecular weight is 243 g/mol. The number of hydrazine groups is 1. The molecule has 0 amide bonds. The highest BCUT2D eigenvalue weighted by molar-refractivity contribution is 6.31. The van der Waals surface area contributed by atoms with Crippen LogP contribution in [0.25, 0.3) is 5.70 Å². The van der Waals surface area contributed by atoms with Crippen molar-refractivity contribution in [3.8, 4) is 0 Å². The van der Waals surface area contributed by atoms with Gasteiger partial charge < -0.3 is 16.3 Å². The molecule has 0 radical (unpaired) electrons. The molecule has 1 heterocycles. The monoisotopic (exact) mass is 242 g/mol. The summed E-state index contributed by atoms with van der Waals surface area (Å²) in [5.74, 6) is 3.80. The molecule has 1 aromatic rings. The summed E-state index contributed by atoms with van der Waals surface area (Å²) in [7, 11) is 0. The molecular formula is C9H11ClN4O2. The highest BCUT2D eigenvalue weighted by Gasteiger charge is 2.13. The van der Waals surface area contributed by atoms with E-state index in [1.54, 1.807) is 13.0 Å². The Labute approximate surface area is 96.9 Å².